The van der Waals surface area contributed by atoms with Gasteiger partial charge in [-0.25, -0.2) is 4.79 Å². The number of aldehydes is 1. The van der Waals surface area contributed by atoms with Crippen LogP contribution in [0.3, 0.4) is 0 Å². The van der Waals surface area contributed by atoms with Crippen molar-refractivity contribution in [3.05, 3.63) is 0 Å². The molecule has 0 amide bonds. The highest BCUT2D eigenvalue weighted by Gasteiger charge is 1.93. The maximum absolute atomic E-state index is 9.88. The van der Waals surface area contributed by atoms with Crippen molar-refractivity contribution in [1.29, 1.82) is 0 Å². The summed E-state index contributed by atoms with van der Waals surface area (Å²) in [4.78, 5) is 19.4. The first-order valence-corrected chi connectivity index (χ1v) is 1.86. The highest BCUT2D eigenvalue weighted by atomic mass is 16.5. The number of ether oxygens (including phenoxy) is 1. The molecule has 0 saturated heterocycles. The minimum Gasteiger partial charge on any atom is -0.447 e. The third kappa shape index (κ3) is 2.91. The number of carbonyl (C=O) groups excluding carboxylic acids is 2. The summed E-state index contributed by atoms with van der Waals surface area (Å²) >= 11 is 0. The molecule has 0 fully saturated rings. The summed E-state index contributed by atoms with van der Waals surface area (Å²) in [7, 11) is 0. The Morgan fingerprint density at radius 2 is 2.50 bits per heavy atom. The lowest BCUT2D eigenvalue weighted by molar-refractivity contribution is -0.147. The molecule has 0 aliphatic heterocycles. The van der Waals surface area contributed by atoms with E-state index in [4.69, 9.17) is 0 Å². The number of esters is 1. The van der Waals surface area contributed by atoms with Gasteiger partial charge in [0.15, 0.2) is 6.61 Å². The Hall–Kier alpha value is -1.30. The van der Waals surface area contributed by atoms with E-state index in [0.29, 0.717) is 0 Å². The van der Waals surface area contributed by atoms with Crippen molar-refractivity contribution < 1.29 is 14.3 Å². The number of terminal acetylenes is 1. The summed E-state index contributed by atoms with van der Waals surface area (Å²) < 4.78 is 4.10. The molecule has 0 aromatic heterocycles. The van der Waals surface area contributed by atoms with Crippen LogP contribution in [0.4, 0.5) is 0 Å². The maximum atomic E-state index is 9.88. The van der Waals surface area contributed by atoms with Gasteiger partial charge in [-0.05, 0) is 0 Å². The summed E-state index contributed by atoms with van der Waals surface area (Å²) in [6.45, 7) is -0.141. The molecule has 0 aromatic rings. The molecule has 0 saturated carbocycles. The summed E-state index contributed by atoms with van der Waals surface area (Å²) in [5, 5.41) is 0. The minimum absolute atomic E-state index is 0.0668. The first-order valence-electron chi connectivity index (χ1n) is 1.86. The molecule has 0 unspecified atom stereocenters. The standard InChI is InChI=1S/C5H4O3/c1-2-3-8-5(7)4-6/h1,4H,3H2. The van der Waals surface area contributed by atoms with Gasteiger partial charge in [0.25, 0.3) is 0 Å². The Kier molecular flexibility index (Phi) is 3.25. The smallest absolute Gasteiger partial charge is 0.372 e. The molecule has 0 aliphatic rings. The zero-order chi connectivity index (χ0) is 6.41. The molecular formula is C5H4O3. The molecule has 0 atom stereocenters. The number of hydrogen-bond donors (Lipinski definition) is 0. The lowest BCUT2D eigenvalue weighted by Gasteiger charge is -1.88. The van der Waals surface area contributed by atoms with Crippen molar-refractivity contribution in [3.8, 4) is 12.3 Å². The average Bonchev–Trinajstić information content (AvgIpc) is 1.83. The van der Waals surface area contributed by atoms with Crippen molar-refractivity contribution in [3.63, 3.8) is 0 Å². The second-order valence-corrected chi connectivity index (χ2v) is 0.930. The quantitative estimate of drug-likeness (QED) is 0.206. The Morgan fingerprint density at radius 3 is 2.88 bits per heavy atom. The Balaban J connectivity index is 3.28. The van der Waals surface area contributed by atoms with E-state index >= 15 is 0 Å². The molecule has 0 bridgehead atoms. The average molecular weight is 112 g/mol. The van der Waals surface area contributed by atoms with Crippen molar-refractivity contribution in [2.75, 3.05) is 6.61 Å². The number of rotatable bonds is 2. The zero-order valence-corrected chi connectivity index (χ0v) is 4.09. The molecule has 0 aromatic carbocycles. The van der Waals surface area contributed by atoms with Gasteiger partial charge in [0, 0.05) is 0 Å². The zero-order valence-electron chi connectivity index (χ0n) is 4.09. The maximum Gasteiger partial charge on any atom is 0.372 e. The van der Waals surface area contributed by atoms with E-state index in [0.717, 1.165) is 0 Å². The molecule has 0 radical (unpaired) electrons. The SMILES string of the molecule is C#CCOC(=O)C=O. The Bertz CT molecular complexity index is 131. The third-order valence-corrected chi connectivity index (χ3v) is 0.394. The molecule has 0 heterocycles. The molecule has 0 rings (SSSR count). The largest absolute Gasteiger partial charge is 0.447 e. The van der Waals surface area contributed by atoms with E-state index in [1.807, 2.05) is 5.92 Å². The van der Waals surface area contributed by atoms with Gasteiger partial charge in [-0.2, -0.15) is 0 Å². The monoisotopic (exact) mass is 112 g/mol. The van der Waals surface area contributed by atoms with Crippen LogP contribution < -0.4 is 0 Å². The normalized spacial score (nSPS) is 6.88. The van der Waals surface area contributed by atoms with E-state index in [1.54, 1.807) is 0 Å². The highest BCUT2D eigenvalue weighted by Crippen LogP contribution is 1.68. The van der Waals surface area contributed by atoms with Crippen LogP contribution in [0.2, 0.25) is 0 Å². The van der Waals surface area contributed by atoms with Crippen LogP contribution in [0, 0.1) is 12.3 Å². The topological polar surface area (TPSA) is 43.4 Å². The predicted octanol–water partition coefficient (Wildman–Crippen LogP) is -0.638. The van der Waals surface area contributed by atoms with Gasteiger partial charge in [0.2, 0.25) is 6.29 Å². The van der Waals surface area contributed by atoms with E-state index in [9.17, 15) is 9.59 Å². The van der Waals surface area contributed by atoms with Crippen LogP contribution in [0.25, 0.3) is 0 Å². The fourth-order valence-electron chi connectivity index (χ4n) is 0.147. The second-order valence-electron chi connectivity index (χ2n) is 0.930. The van der Waals surface area contributed by atoms with Crippen molar-refractivity contribution in [1.82, 2.24) is 0 Å². The van der Waals surface area contributed by atoms with Gasteiger partial charge < -0.3 is 4.74 Å². The summed E-state index contributed by atoms with van der Waals surface area (Å²) in [5.41, 5.74) is 0. The van der Waals surface area contributed by atoms with Crippen LogP contribution in [-0.4, -0.2) is 18.9 Å². The Labute approximate surface area is 46.6 Å². The summed E-state index contributed by atoms with van der Waals surface area (Å²) in [6, 6.07) is 0. The summed E-state index contributed by atoms with van der Waals surface area (Å²) in [5.74, 6) is 1.10. The molecule has 42 valence electrons. The summed E-state index contributed by atoms with van der Waals surface area (Å²) in [6.07, 6.45) is 4.76. The van der Waals surface area contributed by atoms with Crippen molar-refractivity contribution in [2.45, 2.75) is 0 Å². The molecule has 0 aliphatic carbocycles. The first kappa shape index (κ1) is 6.70. The minimum atomic E-state index is -0.928. The van der Waals surface area contributed by atoms with Crippen LogP contribution in [0.15, 0.2) is 0 Å². The predicted molar refractivity (Wildman–Crippen MR) is 25.9 cm³/mol. The van der Waals surface area contributed by atoms with Crippen molar-refractivity contribution >= 4 is 12.3 Å². The number of hydrogen-bond acceptors (Lipinski definition) is 3. The molecular weight excluding hydrogens is 108 g/mol. The van der Waals surface area contributed by atoms with Gasteiger partial charge in [-0.1, -0.05) is 5.92 Å². The molecule has 3 heteroatoms. The fourth-order valence-corrected chi connectivity index (χ4v) is 0.147. The third-order valence-electron chi connectivity index (χ3n) is 0.394. The Morgan fingerprint density at radius 1 is 1.88 bits per heavy atom. The van der Waals surface area contributed by atoms with Crippen molar-refractivity contribution in [2.24, 2.45) is 0 Å². The van der Waals surface area contributed by atoms with Gasteiger partial charge in [-0.3, -0.25) is 4.79 Å². The fraction of sp³-hybridized carbons (Fsp3) is 0.200. The van der Waals surface area contributed by atoms with Gasteiger partial charge in [0.05, 0.1) is 0 Å². The van der Waals surface area contributed by atoms with Gasteiger partial charge in [0.1, 0.15) is 0 Å². The van der Waals surface area contributed by atoms with Gasteiger partial charge in [-0.15, -0.1) is 6.42 Å². The molecule has 0 spiro atoms. The van der Waals surface area contributed by atoms with Crippen LogP contribution >= 0.6 is 0 Å². The van der Waals surface area contributed by atoms with E-state index in [-0.39, 0.29) is 12.9 Å². The lowest BCUT2D eigenvalue weighted by atomic mass is 10.7. The molecule has 3 nitrogen and oxygen atoms in total. The van der Waals surface area contributed by atoms with Gasteiger partial charge >= 0.3 is 5.97 Å². The first-order chi connectivity index (χ1) is 3.81. The van der Waals surface area contributed by atoms with E-state index in [2.05, 4.69) is 11.2 Å². The van der Waals surface area contributed by atoms with Crippen LogP contribution in [0.5, 0.6) is 0 Å². The highest BCUT2D eigenvalue weighted by molar-refractivity contribution is 6.20. The lowest BCUT2D eigenvalue weighted by Crippen LogP contribution is -2.04. The molecule has 8 heavy (non-hydrogen) atoms. The van der Waals surface area contributed by atoms with E-state index < -0.39 is 5.97 Å². The molecule has 0 N–H and O–H groups in total. The van der Waals surface area contributed by atoms with Crippen LogP contribution in [-0.2, 0) is 14.3 Å². The van der Waals surface area contributed by atoms with E-state index in [1.165, 1.54) is 0 Å². The second kappa shape index (κ2) is 3.88. The van der Waals surface area contributed by atoms with Crippen LogP contribution in [0.1, 0.15) is 0 Å². The number of carbonyl (C=O) groups is 2.